The Balaban J connectivity index is 1.58. The van der Waals surface area contributed by atoms with Gasteiger partial charge < -0.3 is 14.6 Å². The van der Waals surface area contributed by atoms with Crippen molar-refractivity contribution < 1.29 is 27.2 Å². The summed E-state index contributed by atoms with van der Waals surface area (Å²) in [4.78, 5) is 11.9. The quantitative estimate of drug-likeness (QED) is 0.904. The monoisotopic (exact) mass is 340 g/mol. The Bertz CT molecular complexity index is 723. The maximum absolute atomic E-state index is 12.6. The highest BCUT2D eigenvalue weighted by molar-refractivity contribution is 5.92. The molecular weight excluding hydrogens is 325 g/mol. The Kier molecular flexibility index (Phi) is 4.46. The topological polar surface area (TPSA) is 64.4 Å². The first-order valence-electron chi connectivity index (χ1n) is 7.48. The molecule has 0 aliphatic heterocycles. The van der Waals surface area contributed by atoms with Crippen molar-refractivity contribution in [3.05, 3.63) is 47.3 Å². The summed E-state index contributed by atoms with van der Waals surface area (Å²) in [5.74, 6) is -0.0124. The van der Waals surface area contributed by atoms with Crippen LogP contribution in [0.2, 0.25) is 0 Å². The third-order valence-electron chi connectivity index (χ3n) is 3.77. The number of aromatic nitrogens is 1. The van der Waals surface area contributed by atoms with Gasteiger partial charge in [-0.3, -0.25) is 4.79 Å². The van der Waals surface area contributed by atoms with E-state index in [1.165, 1.54) is 18.2 Å². The number of nitrogens with zero attached hydrogens (tertiary/aromatic N) is 1. The molecule has 128 valence electrons. The standard InChI is InChI=1S/C16H15F3N2O3/c17-16(18,19)10-3-1-6-12(7-10)23-9-13-8-14(21-24-13)15(22)20-11-4-2-5-11/h1,3,6-8,11H,2,4-5,9H2,(H,20,22). The maximum Gasteiger partial charge on any atom is 0.416 e. The van der Waals surface area contributed by atoms with Crippen LogP contribution in [-0.4, -0.2) is 17.1 Å². The third-order valence-corrected chi connectivity index (χ3v) is 3.77. The van der Waals surface area contributed by atoms with Crippen LogP contribution in [0.25, 0.3) is 0 Å². The van der Waals surface area contributed by atoms with Gasteiger partial charge in [0.2, 0.25) is 0 Å². The first kappa shape index (κ1) is 16.4. The largest absolute Gasteiger partial charge is 0.486 e. The van der Waals surface area contributed by atoms with Gasteiger partial charge in [0, 0.05) is 12.1 Å². The van der Waals surface area contributed by atoms with Gasteiger partial charge in [-0.05, 0) is 37.5 Å². The molecule has 0 bridgehead atoms. The number of ether oxygens (including phenoxy) is 1. The van der Waals surface area contributed by atoms with Crippen molar-refractivity contribution in [2.75, 3.05) is 0 Å². The third kappa shape index (κ3) is 3.87. The predicted octanol–water partition coefficient (Wildman–Crippen LogP) is 3.55. The number of nitrogens with one attached hydrogen (secondary N) is 1. The minimum absolute atomic E-state index is 0.0571. The zero-order valence-corrected chi connectivity index (χ0v) is 12.6. The molecule has 0 radical (unpaired) electrons. The van der Waals surface area contributed by atoms with Crippen LogP contribution in [0.4, 0.5) is 13.2 Å². The number of carbonyl (C=O) groups excluding carboxylic acids is 1. The SMILES string of the molecule is O=C(NC1CCC1)c1cc(COc2cccc(C(F)(F)F)c2)on1. The van der Waals surface area contributed by atoms with Gasteiger partial charge in [0.15, 0.2) is 11.5 Å². The second-order valence-electron chi connectivity index (χ2n) is 5.59. The van der Waals surface area contributed by atoms with E-state index in [1.54, 1.807) is 0 Å². The lowest BCUT2D eigenvalue weighted by Crippen LogP contribution is -2.39. The van der Waals surface area contributed by atoms with Crippen LogP contribution < -0.4 is 10.1 Å². The molecule has 1 aliphatic rings. The Hall–Kier alpha value is -2.51. The van der Waals surface area contributed by atoms with Gasteiger partial charge in [-0.15, -0.1) is 0 Å². The van der Waals surface area contributed by atoms with Crippen LogP contribution in [0, 0.1) is 0 Å². The van der Waals surface area contributed by atoms with E-state index in [2.05, 4.69) is 10.5 Å². The second-order valence-corrected chi connectivity index (χ2v) is 5.59. The maximum atomic E-state index is 12.6. The van der Waals surface area contributed by atoms with E-state index in [0.717, 1.165) is 31.4 Å². The fourth-order valence-electron chi connectivity index (χ4n) is 2.22. The Morgan fingerprint density at radius 3 is 2.79 bits per heavy atom. The van der Waals surface area contributed by atoms with Crippen molar-refractivity contribution in [1.82, 2.24) is 10.5 Å². The molecule has 0 spiro atoms. The lowest BCUT2D eigenvalue weighted by atomic mass is 9.93. The van der Waals surface area contributed by atoms with Crippen molar-refractivity contribution in [3.8, 4) is 5.75 Å². The number of alkyl halides is 3. The number of rotatable bonds is 5. The van der Waals surface area contributed by atoms with E-state index >= 15 is 0 Å². The molecule has 1 saturated carbocycles. The first-order chi connectivity index (χ1) is 11.4. The zero-order valence-electron chi connectivity index (χ0n) is 12.6. The summed E-state index contributed by atoms with van der Waals surface area (Å²) < 4.78 is 48.1. The van der Waals surface area contributed by atoms with Crippen molar-refractivity contribution >= 4 is 5.91 Å². The minimum Gasteiger partial charge on any atom is -0.486 e. The van der Waals surface area contributed by atoms with Gasteiger partial charge in [0.05, 0.1) is 5.56 Å². The number of hydrogen-bond acceptors (Lipinski definition) is 4. The molecule has 1 aromatic carbocycles. The zero-order chi connectivity index (χ0) is 17.2. The van der Waals surface area contributed by atoms with Crippen LogP contribution >= 0.6 is 0 Å². The molecule has 0 saturated heterocycles. The number of amides is 1. The lowest BCUT2D eigenvalue weighted by Gasteiger charge is -2.25. The molecule has 5 nitrogen and oxygen atoms in total. The van der Waals surface area contributed by atoms with E-state index in [1.807, 2.05) is 0 Å². The van der Waals surface area contributed by atoms with Crippen LogP contribution in [0.15, 0.2) is 34.9 Å². The Morgan fingerprint density at radius 1 is 1.33 bits per heavy atom. The molecule has 1 fully saturated rings. The van der Waals surface area contributed by atoms with E-state index in [-0.39, 0.29) is 35.8 Å². The summed E-state index contributed by atoms with van der Waals surface area (Å²) in [6, 6.07) is 6.14. The highest BCUT2D eigenvalue weighted by atomic mass is 19.4. The molecule has 0 atom stereocenters. The van der Waals surface area contributed by atoms with E-state index in [0.29, 0.717) is 0 Å². The molecule has 2 aromatic rings. The number of carbonyl (C=O) groups is 1. The first-order valence-corrected chi connectivity index (χ1v) is 7.48. The fourth-order valence-corrected chi connectivity index (χ4v) is 2.22. The Morgan fingerprint density at radius 2 is 2.12 bits per heavy atom. The van der Waals surface area contributed by atoms with Gasteiger partial charge in [-0.25, -0.2) is 0 Å². The molecule has 24 heavy (non-hydrogen) atoms. The van der Waals surface area contributed by atoms with Crippen LogP contribution in [0.3, 0.4) is 0 Å². The van der Waals surface area contributed by atoms with Gasteiger partial charge in [-0.1, -0.05) is 11.2 Å². The summed E-state index contributed by atoms with van der Waals surface area (Å²) in [6.45, 7) is -0.120. The molecule has 1 amide bonds. The van der Waals surface area contributed by atoms with Crippen molar-refractivity contribution in [1.29, 1.82) is 0 Å². The van der Waals surface area contributed by atoms with Crippen molar-refractivity contribution in [2.24, 2.45) is 0 Å². The van der Waals surface area contributed by atoms with E-state index in [9.17, 15) is 18.0 Å². The predicted molar refractivity (Wildman–Crippen MR) is 77.4 cm³/mol. The van der Waals surface area contributed by atoms with Crippen LogP contribution in [0.1, 0.15) is 41.1 Å². The molecule has 1 aromatic heterocycles. The summed E-state index contributed by atoms with van der Waals surface area (Å²) in [6.07, 6.45) is -1.43. The van der Waals surface area contributed by atoms with Gasteiger partial charge >= 0.3 is 6.18 Å². The van der Waals surface area contributed by atoms with E-state index in [4.69, 9.17) is 9.26 Å². The summed E-state index contributed by atoms with van der Waals surface area (Å²) in [7, 11) is 0. The summed E-state index contributed by atoms with van der Waals surface area (Å²) in [5, 5.41) is 6.47. The fraction of sp³-hybridized carbons (Fsp3) is 0.375. The van der Waals surface area contributed by atoms with Crippen LogP contribution in [0.5, 0.6) is 5.75 Å². The van der Waals surface area contributed by atoms with Gasteiger partial charge in [0.1, 0.15) is 12.4 Å². The van der Waals surface area contributed by atoms with Crippen LogP contribution in [-0.2, 0) is 12.8 Å². The van der Waals surface area contributed by atoms with Gasteiger partial charge in [0.25, 0.3) is 5.91 Å². The molecule has 1 N–H and O–H groups in total. The summed E-state index contributed by atoms with van der Waals surface area (Å²) >= 11 is 0. The smallest absolute Gasteiger partial charge is 0.416 e. The number of halogens is 3. The molecule has 8 heteroatoms. The normalized spacial score (nSPS) is 15.0. The average Bonchev–Trinajstić information content (AvgIpc) is 2.97. The highest BCUT2D eigenvalue weighted by Gasteiger charge is 2.30. The Labute approximate surface area is 135 Å². The van der Waals surface area contributed by atoms with Crippen molar-refractivity contribution in [2.45, 2.75) is 38.1 Å². The lowest BCUT2D eigenvalue weighted by molar-refractivity contribution is -0.137. The minimum atomic E-state index is -4.43. The molecular formula is C16H15F3N2O3. The second kappa shape index (κ2) is 6.54. The number of benzene rings is 1. The van der Waals surface area contributed by atoms with E-state index < -0.39 is 11.7 Å². The molecule has 0 unspecified atom stereocenters. The average molecular weight is 340 g/mol. The molecule has 3 rings (SSSR count). The molecule has 1 aliphatic carbocycles. The number of hydrogen-bond donors (Lipinski definition) is 1. The summed E-state index contributed by atoms with van der Waals surface area (Å²) in [5.41, 5.74) is -0.664. The van der Waals surface area contributed by atoms with Crippen molar-refractivity contribution in [3.63, 3.8) is 0 Å². The molecule has 1 heterocycles. The highest BCUT2D eigenvalue weighted by Crippen LogP contribution is 2.31. The van der Waals surface area contributed by atoms with Gasteiger partial charge in [-0.2, -0.15) is 13.2 Å².